The van der Waals surface area contributed by atoms with Crippen molar-refractivity contribution in [3.63, 3.8) is 0 Å². The maximum atomic E-state index is 11.2. The number of primary amides is 1. The average molecular weight is 289 g/mol. The SMILES string of the molecule is CC(C)=CCC[C@@]1(C)Oc2ccc(C(N)=O)cc2C[C@@H]1O. The van der Waals surface area contributed by atoms with Gasteiger partial charge in [0.1, 0.15) is 11.4 Å². The maximum Gasteiger partial charge on any atom is 0.248 e. The largest absolute Gasteiger partial charge is 0.485 e. The number of amides is 1. The Hall–Kier alpha value is -1.81. The lowest BCUT2D eigenvalue weighted by Crippen LogP contribution is -2.48. The number of hydrogen-bond donors (Lipinski definition) is 2. The van der Waals surface area contributed by atoms with Crippen LogP contribution in [0.25, 0.3) is 0 Å². The highest BCUT2D eigenvalue weighted by atomic mass is 16.5. The summed E-state index contributed by atoms with van der Waals surface area (Å²) < 4.78 is 6.02. The third-order valence-corrected chi connectivity index (χ3v) is 4.00. The first-order valence-electron chi connectivity index (χ1n) is 7.25. The van der Waals surface area contributed by atoms with E-state index in [1.165, 1.54) is 5.57 Å². The van der Waals surface area contributed by atoms with E-state index in [-0.39, 0.29) is 0 Å². The summed E-state index contributed by atoms with van der Waals surface area (Å²) in [7, 11) is 0. The number of nitrogens with two attached hydrogens (primary N) is 1. The molecule has 0 radical (unpaired) electrons. The van der Waals surface area contributed by atoms with Crippen LogP contribution >= 0.6 is 0 Å². The van der Waals surface area contributed by atoms with E-state index in [9.17, 15) is 9.90 Å². The lowest BCUT2D eigenvalue weighted by Gasteiger charge is -2.40. The molecule has 3 N–H and O–H groups in total. The highest BCUT2D eigenvalue weighted by Gasteiger charge is 2.39. The molecule has 1 amide bonds. The van der Waals surface area contributed by atoms with Crippen LogP contribution in [0, 0.1) is 0 Å². The number of ether oxygens (including phenoxy) is 1. The summed E-state index contributed by atoms with van der Waals surface area (Å²) in [6.07, 6.45) is 3.63. The van der Waals surface area contributed by atoms with Crippen LogP contribution < -0.4 is 10.5 Å². The number of benzene rings is 1. The summed E-state index contributed by atoms with van der Waals surface area (Å²) >= 11 is 0. The zero-order chi connectivity index (χ0) is 15.6. The van der Waals surface area contributed by atoms with Gasteiger partial charge < -0.3 is 15.6 Å². The number of aliphatic hydroxyl groups excluding tert-OH is 1. The number of rotatable bonds is 4. The fraction of sp³-hybridized carbons (Fsp3) is 0.471. The van der Waals surface area contributed by atoms with Gasteiger partial charge in [0, 0.05) is 12.0 Å². The first-order valence-corrected chi connectivity index (χ1v) is 7.25. The quantitative estimate of drug-likeness (QED) is 0.837. The molecule has 1 aliphatic heterocycles. The highest BCUT2D eigenvalue weighted by Crippen LogP contribution is 2.36. The first kappa shape index (κ1) is 15.6. The van der Waals surface area contributed by atoms with E-state index in [4.69, 9.17) is 10.5 Å². The Bertz CT molecular complexity index is 575. The molecule has 1 aromatic carbocycles. The lowest BCUT2D eigenvalue weighted by atomic mass is 9.85. The van der Waals surface area contributed by atoms with Crippen LogP contribution in [-0.2, 0) is 6.42 Å². The number of allylic oxidation sites excluding steroid dienone is 2. The standard InChI is InChI=1S/C17H23NO3/c1-11(2)5-4-8-17(3)15(19)10-13-9-12(16(18)20)6-7-14(13)21-17/h5-7,9,15,19H,4,8,10H2,1-3H3,(H2,18,20)/t15-,17+/m0/s1. The minimum Gasteiger partial charge on any atom is -0.485 e. The fourth-order valence-electron chi connectivity index (χ4n) is 2.60. The third-order valence-electron chi connectivity index (χ3n) is 4.00. The van der Waals surface area contributed by atoms with Gasteiger partial charge in [-0.05, 0) is 57.4 Å². The summed E-state index contributed by atoms with van der Waals surface area (Å²) in [6.45, 7) is 6.05. The molecule has 0 aliphatic carbocycles. The molecule has 0 bridgehead atoms. The number of aliphatic hydroxyl groups is 1. The predicted molar refractivity (Wildman–Crippen MR) is 82.4 cm³/mol. The fourth-order valence-corrected chi connectivity index (χ4v) is 2.60. The van der Waals surface area contributed by atoms with Crippen molar-refractivity contribution in [3.05, 3.63) is 41.0 Å². The van der Waals surface area contributed by atoms with Crippen molar-refractivity contribution >= 4 is 5.91 Å². The first-order chi connectivity index (χ1) is 9.82. The molecule has 0 saturated heterocycles. The zero-order valence-corrected chi connectivity index (χ0v) is 12.8. The summed E-state index contributed by atoms with van der Waals surface area (Å²) in [5.41, 5.74) is 7.21. The van der Waals surface area contributed by atoms with Gasteiger partial charge in [0.2, 0.25) is 5.91 Å². The Morgan fingerprint density at radius 3 is 2.86 bits per heavy atom. The molecule has 1 aliphatic rings. The number of carbonyl (C=O) groups is 1. The Kier molecular flexibility index (Phi) is 4.37. The normalized spacial score (nSPS) is 23.9. The Morgan fingerprint density at radius 1 is 1.52 bits per heavy atom. The van der Waals surface area contributed by atoms with Gasteiger partial charge in [0.05, 0.1) is 6.10 Å². The summed E-state index contributed by atoms with van der Waals surface area (Å²) in [5, 5.41) is 10.4. The van der Waals surface area contributed by atoms with Crippen LogP contribution in [0.3, 0.4) is 0 Å². The Labute approximate surface area is 125 Å². The van der Waals surface area contributed by atoms with Gasteiger partial charge in [0.25, 0.3) is 0 Å². The van der Waals surface area contributed by atoms with E-state index in [1.807, 2.05) is 6.92 Å². The topological polar surface area (TPSA) is 72.5 Å². The molecule has 2 atom stereocenters. The molecule has 0 saturated carbocycles. The van der Waals surface area contributed by atoms with E-state index in [0.29, 0.717) is 12.0 Å². The summed E-state index contributed by atoms with van der Waals surface area (Å²) in [4.78, 5) is 11.2. The van der Waals surface area contributed by atoms with Crippen molar-refractivity contribution in [2.45, 2.75) is 51.7 Å². The number of fused-ring (bicyclic) bond motifs is 1. The lowest BCUT2D eigenvalue weighted by molar-refractivity contribution is -0.0587. The van der Waals surface area contributed by atoms with Crippen molar-refractivity contribution in [2.75, 3.05) is 0 Å². The van der Waals surface area contributed by atoms with E-state index >= 15 is 0 Å². The molecular weight excluding hydrogens is 266 g/mol. The van der Waals surface area contributed by atoms with Gasteiger partial charge in [-0.3, -0.25) is 4.79 Å². The van der Waals surface area contributed by atoms with E-state index in [2.05, 4.69) is 19.9 Å². The third kappa shape index (κ3) is 3.45. The van der Waals surface area contributed by atoms with Gasteiger partial charge in [-0.1, -0.05) is 11.6 Å². The monoisotopic (exact) mass is 289 g/mol. The predicted octanol–water partition coefficient (Wildman–Crippen LogP) is 2.59. The maximum absolute atomic E-state index is 11.2. The molecule has 0 spiro atoms. The Balaban J connectivity index is 2.19. The van der Waals surface area contributed by atoms with E-state index in [0.717, 1.165) is 24.2 Å². The molecule has 1 heterocycles. The number of hydrogen-bond acceptors (Lipinski definition) is 3. The van der Waals surface area contributed by atoms with Crippen molar-refractivity contribution in [1.29, 1.82) is 0 Å². The van der Waals surface area contributed by atoms with Crippen molar-refractivity contribution in [1.82, 2.24) is 0 Å². The van der Waals surface area contributed by atoms with Gasteiger partial charge in [-0.2, -0.15) is 0 Å². The highest BCUT2D eigenvalue weighted by molar-refractivity contribution is 5.93. The molecule has 0 fully saturated rings. The van der Waals surface area contributed by atoms with Crippen molar-refractivity contribution in [2.24, 2.45) is 5.73 Å². The van der Waals surface area contributed by atoms with Crippen LogP contribution in [0.5, 0.6) is 5.75 Å². The van der Waals surface area contributed by atoms with Crippen LogP contribution in [-0.4, -0.2) is 22.7 Å². The van der Waals surface area contributed by atoms with Crippen LogP contribution in [0.1, 0.15) is 49.5 Å². The molecule has 0 aromatic heterocycles. The summed E-state index contributed by atoms with van der Waals surface area (Å²) in [6, 6.07) is 5.13. The van der Waals surface area contributed by atoms with Gasteiger partial charge in [-0.25, -0.2) is 0 Å². The Morgan fingerprint density at radius 2 is 2.24 bits per heavy atom. The second kappa shape index (κ2) is 5.90. The zero-order valence-electron chi connectivity index (χ0n) is 12.8. The van der Waals surface area contributed by atoms with Crippen molar-refractivity contribution in [3.8, 4) is 5.75 Å². The molecule has 4 heteroatoms. The molecule has 2 rings (SSSR count). The van der Waals surface area contributed by atoms with Crippen LogP contribution in [0.2, 0.25) is 0 Å². The van der Waals surface area contributed by atoms with Gasteiger partial charge in [-0.15, -0.1) is 0 Å². The molecular formula is C17H23NO3. The molecule has 0 unspecified atom stereocenters. The minimum absolute atomic E-state index is 0.442. The molecule has 21 heavy (non-hydrogen) atoms. The van der Waals surface area contributed by atoms with Gasteiger partial charge >= 0.3 is 0 Å². The molecule has 4 nitrogen and oxygen atoms in total. The average Bonchev–Trinajstić information content (AvgIpc) is 2.39. The van der Waals surface area contributed by atoms with E-state index < -0.39 is 17.6 Å². The van der Waals surface area contributed by atoms with Crippen LogP contribution in [0.15, 0.2) is 29.8 Å². The molecule has 1 aromatic rings. The van der Waals surface area contributed by atoms with Crippen LogP contribution in [0.4, 0.5) is 0 Å². The smallest absolute Gasteiger partial charge is 0.248 e. The second-order valence-electron chi connectivity index (χ2n) is 6.14. The van der Waals surface area contributed by atoms with Crippen molar-refractivity contribution < 1.29 is 14.6 Å². The summed E-state index contributed by atoms with van der Waals surface area (Å²) in [5.74, 6) is 0.259. The number of carbonyl (C=O) groups excluding carboxylic acids is 1. The minimum atomic E-state index is -0.604. The van der Waals surface area contributed by atoms with Gasteiger partial charge in [0.15, 0.2) is 0 Å². The molecule has 114 valence electrons. The second-order valence-corrected chi connectivity index (χ2v) is 6.14. The van der Waals surface area contributed by atoms with E-state index in [1.54, 1.807) is 18.2 Å².